The van der Waals surface area contributed by atoms with Crippen molar-refractivity contribution in [1.29, 1.82) is 0 Å². The number of ether oxygens (including phenoxy) is 1. The fourth-order valence-electron chi connectivity index (χ4n) is 3.78. The molecule has 1 fully saturated rings. The van der Waals surface area contributed by atoms with Gasteiger partial charge in [-0.1, -0.05) is 6.42 Å². The summed E-state index contributed by atoms with van der Waals surface area (Å²) in [4.78, 5) is 0. The van der Waals surface area contributed by atoms with Crippen LogP contribution < -0.4 is 4.74 Å². The molecule has 2 aliphatic rings. The minimum Gasteiger partial charge on any atom is -0.507 e. The van der Waals surface area contributed by atoms with E-state index in [0.29, 0.717) is 5.75 Å². The summed E-state index contributed by atoms with van der Waals surface area (Å²) in [6.07, 6.45) is 8.51. The van der Waals surface area contributed by atoms with Crippen LogP contribution in [0.4, 0.5) is 0 Å². The Bertz CT molecular complexity index is 511. The molecule has 0 atom stereocenters. The van der Waals surface area contributed by atoms with Crippen LogP contribution in [0.3, 0.4) is 0 Å². The van der Waals surface area contributed by atoms with Gasteiger partial charge < -0.3 is 9.84 Å². The summed E-state index contributed by atoms with van der Waals surface area (Å²) < 4.78 is 6.50. The van der Waals surface area contributed by atoms with Crippen molar-refractivity contribution >= 4 is 0 Å². The normalized spacial score (nSPS) is 21.0. The van der Waals surface area contributed by atoms with E-state index in [2.05, 4.69) is 6.92 Å². The number of rotatable bonds is 0. The summed E-state index contributed by atoms with van der Waals surface area (Å²) in [6.45, 7) is 6.08. The monoisotopic (exact) mass is 260 g/mol. The van der Waals surface area contributed by atoms with Crippen molar-refractivity contribution in [2.24, 2.45) is 0 Å². The Hall–Kier alpha value is -1.18. The maximum atomic E-state index is 10.2. The highest BCUT2D eigenvalue weighted by Crippen LogP contribution is 2.47. The molecule has 3 rings (SSSR count). The molecular weight excluding hydrogens is 236 g/mol. The number of benzene rings is 1. The van der Waals surface area contributed by atoms with Crippen LogP contribution >= 0.6 is 0 Å². The summed E-state index contributed by atoms with van der Waals surface area (Å²) in [6, 6.07) is 0. The fraction of sp³-hybridized carbons (Fsp3) is 0.647. The van der Waals surface area contributed by atoms with Crippen molar-refractivity contribution < 1.29 is 9.84 Å². The van der Waals surface area contributed by atoms with Crippen molar-refractivity contribution in [3.8, 4) is 11.5 Å². The van der Waals surface area contributed by atoms with Gasteiger partial charge in [0.25, 0.3) is 0 Å². The first-order valence-corrected chi connectivity index (χ1v) is 7.55. The van der Waals surface area contributed by atoms with E-state index >= 15 is 0 Å². The van der Waals surface area contributed by atoms with Gasteiger partial charge in [-0.05, 0) is 76.0 Å². The SMILES string of the molecule is Cc1c(C)c2c(c(C)c1O)CCC1(CCCCC1)O2. The van der Waals surface area contributed by atoms with Crippen LogP contribution in [0, 0.1) is 20.8 Å². The average Bonchev–Trinajstić information content (AvgIpc) is 2.44. The van der Waals surface area contributed by atoms with Crippen LogP contribution in [-0.4, -0.2) is 10.7 Å². The Morgan fingerprint density at radius 2 is 1.58 bits per heavy atom. The third-order valence-electron chi connectivity index (χ3n) is 5.25. The second-order valence-electron chi connectivity index (χ2n) is 6.38. The van der Waals surface area contributed by atoms with Crippen LogP contribution in [0.5, 0.6) is 11.5 Å². The molecule has 1 heterocycles. The highest BCUT2D eigenvalue weighted by molar-refractivity contribution is 5.58. The van der Waals surface area contributed by atoms with Crippen LogP contribution in [0.1, 0.15) is 60.8 Å². The van der Waals surface area contributed by atoms with E-state index in [9.17, 15) is 5.11 Å². The maximum Gasteiger partial charge on any atom is 0.127 e. The van der Waals surface area contributed by atoms with Gasteiger partial charge in [-0.15, -0.1) is 0 Å². The summed E-state index contributed by atoms with van der Waals surface area (Å²) in [5.74, 6) is 1.53. The second-order valence-corrected chi connectivity index (χ2v) is 6.38. The van der Waals surface area contributed by atoms with Gasteiger partial charge in [-0.25, -0.2) is 0 Å². The fourth-order valence-corrected chi connectivity index (χ4v) is 3.78. The predicted octanol–water partition coefficient (Wildman–Crippen LogP) is 4.35. The van der Waals surface area contributed by atoms with Gasteiger partial charge >= 0.3 is 0 Å². The molecule has 1 aromatic rings. The minimum atomic E-state index is 0.0891. The number of phenolic OH excluding ortho intramolecular Hbond substituents is 1. The van der Waals surface area contributed by atoms with Crippen molar-refractivity contribution in [3.05, 3.63) is 22.3 Å². The summed E-state index contributed by atoms with van der Waals surface area (Å²) in [5, 5.41) is 10.2. The minimum absolute atomic E-state index is 0.0891. The van der Waals surface area contributed by atoms with E-state index in [1.165, 1.54) is 37.7 Å². The van der Waals surface area contributed by atoms with E-state index in [4.69, 9.17) is 4.74 Å². The van der Waals surface area contributed by atoms with E-state index in [1.54, 1.807) is 0 Å². The number of aromatic hydroxyl groups is 1. The second kappa shape index (κ2) is 4.43. The third-order valence-corrected chi connectivity index (χ3v) is 5.25. The summed E-state index contributed by atoms with van der Waals surface area (Å²) in [7, 11) is 0. The molecule has 2 nitrogen and oxygen atoms in total. The Morgan fingerprint density at radius 3 is 2.26 bits per heavy atom. The van der Waals surface area contributed by atoms with Crippen molar-refractivity contribution in [2.75, 3.05) is 0 Å². The summed E-state index contributed by atoms with van der Waals surface area (Å²) in [5.41, 5.74) is 4.44. The van der Waals surface area contributed by atoms with E-state index < -0.39 is 0 Å². The van der Waals surface area contributed by atoms with Crippen LogP contribution in [0.2, 0.25) is 0 Å². The molecular formula is C17H24O2. The van der Waals surface area contributed by atoms with Crippen molar-refractivity contribution in [3.63, 3.8) is 0 Å². The van der Waals surface area contributed by atoms with Gasteiger partial charge in [-0.3, -0.25) is 0 Å². The topological polar surface area (TPSA) is 29.5 Å². The van der Waals surface area contributed by atoms with Crippen LogP contribution in [0.25, 0.3) is 0 Å². The first-order valence-electron chi connectivity index (χ1n) is 7.55. The van der Waals surface area contributed by atoms with Gasteiger partial charge in [0.05, 0.1) is 0 Å². The highest BCUT2D eigenvalue weighted by Gasteiger charge is 2.39. The molecule has 1 N–H and O–H groups in total. The lowest BCUT2D eigenvalue weighted by molar-refractivity contribution is 0.00977. The lowest BCUT2D eigenvalue weighted by Gasteiger charge is -2.42. The van der Waals surface area contributed by atoms with Crippen molar-refractivity contribution in [1.82, 2.24) is 0 Å². The largest absolute Gasteiger partial charge is 0.507 e. The molecule has 104 valence electrons. The van der Waals surface area contributed by atoms with Gasteiger partial charge in [-0.2, -0.15) is 0 Å². The zero-order valence-electron chi connectivity index (χ0n) is 12.3. The zero-order valence-corrected chi connectivity index (χ0v) is 12.3. The molecule has 2 heteroatoms. The number of fused-ring (bicyclic) bond motifs is 1. The highest BCUT2D eigenvalue weighted by atomic mass is 16.5. The smallest absolute Gasteiger partial charge is 0.127 e. The van der Waals surface area contributed by atoms with E-state index in [0.717, 1.165) is 35.3 Å². The first kappa shape index (κ1) is 12.8. The number of hydrogen-bond donors (Lipinski definition) is 1. The molecule has 0 unspecified atom stereocenters. The molecule has 0 aromatic heterocycles. The quantitative estimate of drug-likeness (QED) is 0.751. The third kappa shape index (κ3) is 1.92. The molecule has 0 radical (unpaired) electrons. The Balaban J connectivity index is 2.05. The Kier molecular flexibility index (Phi) is 2.99. The maximum absolute atomic E-state index is 10.2. The summed E-state index contributed by atoms with van der Waals surface area (Å²) >= 11 is 0. The van der Waals surface area contributed by atoms with Gasteiger partial charge in [0.2, 0.25) is 0 Å². The number of hydrogen-bond acceptors (Lipinski definition) is 2. The molecule has 1 saturated carbocycles. The van der Waals surface area contributed by atoms with E-state index in [-0.39, 0.29) is 5.60 Å². The zero-order chi connectivity index (χ0) is 13.6. The lowest BCUT2D eigenvalue weighted by atomic mass is 9.77. The predicted molar refractivity (Wildman–Crippen MR) is 77.1 cm³/mol. The Morgan fingerprint density at radius 1 is 0.895 bits per heavy atom. The lowest BCUT2D eigenvalue weighted by Crippen LogP contribution is -2.41. The molecule has 1 spiro atoms. The number of phenols is 1. The Labute approximate surface area is 115 Å². The molecule has 0 saturated heterocycles. The molecule has 1 aliphatic carbocycles. The van der Waals surface area contributed by atoms with Crippen LogP contribution in [0.15, 0.2) is 0 Å². The van der Waals surface area contributed by atoms with Gasteiger partial charge in [0.1, 0.15) is 17.1 Å². The van der Waals surface area contributed by atoms with E-state index in [1.807, 2.05) is 13.8 Å². The average molecular weight is 260 g/mol. The molecule has 1 aromatic carbocycles. The van der Waals surface area contributed by atoms with Crippen LogP contribution in [-0.2, 0) is 6.42 Å². The molecule has 19 heavy (non-hydrogen) atoms. The standard InChI is InChI=1S/C17H24O2/c1-11-12(2)16-14(13(3)15(11)18)7-10-17(19-16)8-5-4-6-9-17/h18H,4-10H2,1-3H3. The molecule has 0 amide bonds. The molecule has 1 aliphatic heterocycles. The molecule has 0 bridgehead atoms. The van der Waals surface area contributed by atoms with Crippen molar-refractivity contribution in [2.45, 2.75) is 71.3 Å². The first-order chi connectivity index (χ1) is 9.04. The van der Waals surface area contributed by atoms with Gasteiger partial charge in [0.15, 0.2) is 0 Å². The van der Waals surface area contributed by atoms with Gasteiger partial charge in [0, 0.05) is 5.56 Å².